The van der Waals surface area contributed by atoms with Gasteiger partial charge in [-0.05, 0) is 38.8 Å². The Hall–Kier alpha value is -1.55. The highest BCUT2D eigenvalue weighted by atomic mass is 16.5. The molecule has 1 heterocycles. The quantitative estimate of drug-likeness (QED) is 0.861. The van der Waals surface area contributed by atoms with Crippen LogP contribution in [0.5, 0.6) is 5.75 Å². The lowest BCUT2D eigenvalue weighted by atomic mass is 9.74. The number of hydrogen-bond donors (Lipinski definition) is 2. The second kappa shape index (κ2) is 4.53. The van der Waals surface area contributed by atoms with Gasteiger partial charge in [-0.1, -0.05) is 13.0 Å². The van der Waals surface area contributed by atoms with Gasteiger partial charge < -0.3 is 14.9 Å². The molecule has 1 aromatic rings. The zero-order valence-electron chi connectivity index (χ0n) is 11.6. The van der Waals surface area contributed by atoms with Crippen LogP contribution in [0.2, 0.25) is 0 Å². The molecule has 0 saturated carbocycles. The molecule has 0 radical (unpaired) electrons. The van der Waals surface area contributed by atoms with Crippen molar-refractivity contribution in [3.63, 3.8) is 0 Å². The fourth-order valence-corrected chi connectivity index (χ4v) is 2.46. The van der Waals surface area contributed by atoms with Crippen molar-refractivity contribution in [2.75, 3.05) is 6.61 Å². The molecule has 4 nitrogen and oxygen atoms in total. The summed E-state index contributed by atoms with van der Waals surface area (Å²) in [7, 11) is 0. The van der Waals surface area contributed by atoms with Crippen LogP contribution in [0.3, 0.4) is 0 Å². The van der Waals surface area contributed by atoms with Crippen molar-refractivity contribution in [1.29, 1.82) is 0 Å². The number of carbonyl (C=O) groups is 1. The Bertz CT molecular complexity index is 495. The van der Waals surface area contributed by atoms with Crippen molar-refractivity contribution in [2.45, 2.75) is 44.6 Å². The normalized spacial score (nSPS) is 26.1. The molecule has 0 amide bonds. The highest BCUT2D eigenvalue weighted by molar-refractivity contribution is 5.88. The Morgan fingerprint density at radius 2 is 1.95 bits per heavy atom. The third-order valence-electron chi connectivity index (χ3n) is 3.96. The van der Waals surface area contributed by atoms with Crippen molar-refractivity contribution in [3.05, 3.63) is 29.3 Å². The zero-order chi connectivity index (χ0) is 14.3. The van der Waals surface area contributed by atoms with E-state index >= 15 is 0 Å². The molecule has 0 bridgehead atoms. The van der Waals surface area contributed by atoms with E-state index in [2.05, 4.69) is 13.8 Å². The first kappa shape index (κ1) is 13.9. The molecular formula is C15H20O4. The number of phenolic OH excluding ortho intramolecular Hbond substituents is 1. The van der Waals surface area contributed by atoms with E-state index in [1.165, 1.54) is 12.1 Å². The second-order valence-electron chi connectivity index (χ2n) is 6.15. The fraction of sp³-hybridized carbons (Fsp3) is 0.533. The molecule has 1 aliphatic heterocycles. The summed E-state index contributed by atoms with van der Waals surface area (Å²) in [6.07, 6.45) is 1.81. The summed E-state index contributed by atoms with van der Waals surface area (Å²) in [5.41, 5.74) is 0.460. The minimum atomic E-state index is -1.03. The fourth-order valence-electron chi connectivity index (χ4n) is 2.46. The highest BCUT2D eigenvalue weighted by Crippen LogP contribution is 2.41. The maximum Gasteiger partial charge on any atom is 0.335 e. The Morgan fingerprint density at radius 1 is 1.26 bits per heavy atom. The SMILES string of the molecule is CC1(C)CCC(C)(c2ccc(C(=O)O)cc2O)CO1. The topological polar surface area (TPSA) is 66.8 Å². The van der Waals surface area contributed by atoms with Crippen molar-refractivity contribution in [1.82, 2.24) is 0 Å². The molecule has 1 aliphatic rings. The maximum atomic E-state index is 10.9. The van der Waals surface area contributed by atoms with Crippen molar-refractivity contribution < 1.29 is 19.7 Å². The number of phenols is 1. The maximum absolute atomic E-state index is 10.9. The van der Waals surface area contributed by atoms with E-state index in [4.69, 9.17) is 9.84 Å². The third-order valence-corrected chi connectivity index (χ3v) is 3.96. The van der Waals surface area contributed by atoms with Gasteiger partial charge in [0.05, 0.1) is 17.8 Å². The first-order chi connectivity index (χ1) is 8.73. The number of carboxylic acids is 1. The molecule has 2 N–H and O–H groups in total. The number of rotatable bonds is 2. The van der Waals surface area contributed by atoms with E-state index in [0.717, 1.165) is 18.4 Å². The number of aromatic hydroxyl groups is 1. The summed E-state index contributed by atoms with van der Waals surface area (Å²) in [6, 6.07) is 4.53. The van der Waals surface area contributed by atoms with Gasteiger partial charge in [-0.25, -0.2) is 4.79 Å². The third kappa shape index (κ3) is 2.73. The molecule has 0 aromatic heterocycles. The van der Waals surface area contributed by atoms with Crippen molar-refractivity contribution >= 4 is 5.97 Å². The van der Waals surface area contributed by atoms with Crippen molar-refractivity contribution in [2.24, 2.45) is 0 Å². The van der Waals surface area contributed by atoms with E-state index < -0.39 is 5.97 Å². The molecule has 4 heteroatoms. The predicted octanol–water partition coefficient (Wildman–Crippen LogP) is 2.94. The minimum Gasteiger partial charge on any atom is -0.508 e. The summed E-state index contributed by atoms with van der Waals surface area (Å²) in [5, 5.41) is 19.0. The van der Waals surface area contributed by atoms with Crippen LogP contribution in [0.1, 0.15) is 49.5 Å². The van der Waals surface area contributed by atoms with E-state index in [1.807, 2.05) is 6.92 Å². The van der Waals surface area contributed by atoms with Gasteiger partial charge in [0.25, 0.3) is 0 Å². The predicted molar refractivity (Wildman–Crippen MR) is 71.7 cm³/mol. The molecule has 104 valence electrons. The van der Waals surface area contributed by atoms with E-state index in [1.54, 1.807) is 6.07 Å². The van der Waals surface area contributed by atoms with Crippen LogP contribution in [-0.4, -0.2) is 28.4 Å². The molecule has 1 unspecified atom stereocenters. The van der Waals surface area contributed by atoms with Crippen LogP contribution in [0.4, 0.5) is 0 Å². The molecule has 0 spiro atoms. The summed E-state index contributed by atoms with van der Waals surface area (Å²) < 4.78 is 5.84. The average molecular weight is 264 g/mol. The molecule has 1 aromatic carbocycles. The first-order valence-electron chi connectivity index (χ1n) is 6.44. The lowest BCUT2D eigenvalue weighted by Crippen LogP contribution is -2.42. The molecule has 2 rings (SSSR count). The first-order valence-corrected chi connectivity index (χ1v) is 6.44. The Balaban J connectivity index is 2.29. The number of aromatic carboxylic acids is 1. The van der Waals surface area contributed by atoms with Crippen LogP contribution in [-0.2, 0) is 10.2 Å². The van der Waals surface area contributed by atoms with E-state index in [0.29, 0.717) is 6.61 Å². The van der Waals surface area contributed by atoms with Crippen LogP contribution in [0.25, 0.3) is 0 Å². The molecule has 1 atom stereocenters. The lowest BCUT2D eigenvalue weighted by molar-refractivity contribution is -0.0844. The Morgan fingerprint density at radius 3 is 2.42 bits per heavy atom. The standard InChI is InChI=1S/C15H20O4/c1-14(2)6-7-15(3,9-19-14)11-5-4-10(13(17)18)8-12(11)16/h4-5,8,16H,6-7,9H2,1-3H3,(H,17,18). The summed E-state index contributed by atoms with van der Waals surface area (Å²) >= 11 is 0. The van der Waals surface area contributed by atoms with Crippen LogP contribution < -0.4 is 0 Å². The number of hydrogen-bond acceptors (Lipinski definition) is 3. The molecular weight excluding hydrogens is 244 g/mol. The summed E-state index contributed by atoms with van der Waals surface area (Å²) in [4.78, 5) is 10.9. The van der Waals surface area contributed by atoms with Gasteiger partial charge in [-0.2, -0.15) is 0 Å². The van der Waals surface area contributed by atoms with Gasteiger partial charge in [0.2, 0.25) is 0 Å². The molecule has 1 fully saturated rings. The summed E-state index contributed by atoms with van der Waals surface area (Å²) in [6.45, 7) is 6.68. The zero-order valence-corrected chi connectivity index (χ0v) is 11.6. The number of ether oxygens (including phenoxy) is 1. The lowest BCUT2D eigenvalue weighted by Gasteiger charge is -2.42. The monoisotopic (exact) mass is 264 g/mol. The van der Waals surface area contributed by atoms with Gasteiger partial charge in [0, 0.05) is 11.0 Å². The molecule has 19 heavy (non-hydrogen) atoms. The van der Waals surface area contributed by atoms with Gasteiger partial charge in [0.1, 0.15) is 5.75 Å². The second-order valence-corrected chi connectivity index (χ2v) is 6.15. The largest absolute Gasteiger partial charge is 0.508 e. The number of benzene rings is 1. The van der Waals surface area contributed by atoms with Gasteiger partial charge in [-0.15, -0.1) is 0 Å². The molecule has 1 saturated heterocycles. The Kier molecular flexibility index (Phi) is 3.31. The van der Waals surface area contributed by atoms with Crippen LogP contribution >= 0.6 is 0 Å². The van der Waals surface area contributed by atoms with Crippen molar-refractivity contribution in [3.8, 4) is 5.75 Å². The van der Waals surface area contributed by atoms with Gasteiger partial charge in [-0.3, -0.25) is 0 Å². The average Bonchev–Trinajstić information content (AvgIpc) is 2.33. The van der Waals surface area contributed by atoms with Crippen LogP contribution in [0.15, 0.2) is 18.2 Å². The van der Waals surface area contributed by atoms with Gasteiger partial charge in [0.15, 0.2) is 0 Å². The Labute approximate surface area is 113 Å². The van der Waals surface area contributed by atoms with Crippen LogP contribution in [0, 0.1) is 0 Å². The minimum absolute atomic E-state index is 0.0331. The van der Waals surface area contributed by atoms with E-state index in [-0.39, 0.29) is 22.3 Å². The smallest absolute Gasteiger partial charge is 0.335 e. The summed E-state index contributed by atoms with van der Waals surface area (Å²) in [5.74, 6) is -1.00. The van der Waals surface area contributed by atoms with Gasteiger partial charge >= 0.3 is 5.97 Å². The number of carboxylic acid groups (broad SMARTS) is 1. The van der Waals surface area contributed by atoms with E-state index in [9.17, 15) is 9.90 Å². The molecule has 0 aliphatic carbocycles. The highest BCUT2D eigenvalue weighted by Gasteiger charge is 2.38.